The van der Waals surface area contributed by atoms with Crippen LogP contribution in [0.1, 0.15) is 0 Å². The minimum Gasteiger partial charge on any atom is 0 e. The predicted octanol–water partition coefficient (Wildman–Crippen LogP) is -2.10. The second-order valence-corrected chi connectivity index (χ2v) is 0. The molecule has 0 bridgehead atoms. The van der Waals surface area contributed by atoms with Gasteiger partial charge in [0.05, 0.1) is 0 Å². The van der Waals surface area contributed by atoms with Gasteiger partial charge in [0.1, 0.15) is 0 Å². The molecular weight excluding hydrogens is 261 g/mol. The Morgan fingerprint density at radius 3 is 1.00 bits per heavy atom. The van der Waals surface area contributed by atoms with Crippen LogP contribution in [0.15, 0.2) is 0 Å². The minimum absolute atomic E-state index is 0. The van der Waals surface area contributed by atoms with Crippen LogP contribution in [0, 0.1) is 40.8 Å². The molecule has 0 fully saturated rings. The zero-order valence-corrected chi connectivity index (χ0v) is 7.38. The Morgan fingerprint density at radius 1 is 1.00 bits per heavy atom. The van der Waals surface area contributed by atoms with Crippen LogP contribution in [0.5, 0.6) is 0 Å². The largest absolute Gasteiger partial charge is 0.316 e. The van der Waals surface area contributed by atoms with Gasteiger partial charge in [0.25, 0.3) is 0 Å². The maximum atomic E-state index is 0. The summed E-state index contributed by atoms with van der Waals surface area (Å²) in [4.78, 5) is 0. The van der Waals surface area contributed by atoms with Gasteiger partial charge in [0, 0.05) is 60.3 Å². The van der Waals surface area contributed by atoms with E-state index >= 15 is 0 Å². The molecule has 0 saturated heterocycles. The first-order valence-corrected chi connectivity index (χ1v) is 0. The SMILES string of the molecule is [AlH3].[MgH2].[Nd].[Zn]. The third-order valence-electron chi connectivity index (χ3n) is 0. The predicted molar refractivity (Wildman–Crippen MR) is 18.5 cm³/mol. The standard InChI is InChI=1S/Al.Mg.Nd.Zn.5H. The molecule has 0 aromatic carbocycles. The molecule has 0 amide bonds. The van der Waals surface area contributed by atoms with E-state index in [9.17, 15) is 0 Å². The van der Waals surface area contributed by atoms with Crippen LogP contribution in [0.2, 0.25) is 0 Å². The Kier molecular flexibility index (Phi) is 109. The minimum atomic E-state index is 0. The summed E-state index contributed by atoms with van der Waals surface area (Å²) >= 11 is 0. The van der Waals surface area contributed by atoms with Crippen LogP contribution in [-0.4, -0.2) is 40.4 Å². The summed E-state index contributed by atoms with van der Waals surface area (Å²) < 4.78 is 0. The van der Waals surface area contributed by atoms with Gasteiger partial charge in [-0.05, 0) is 0 Å². The number of rotatable bonds is 0. The number of hydrogen-bond acceptors (Lipinski definition) is 0. The Bertz CT molecular complexity index is 8.00. The molecule has 0 spiro atoms. The second kappa shape index (κ2) is 16.3. The molecule has 0 radical (unpaired) electrons. The van der Waals surface area contributed by atoms with Crippen molar-refractivity contribution < 1.29 is 60.3 Å². The quantitative estimate of drug-likeness (QED) is 0.440. The number of hydrogen-bond donors (Lipinski definition) is 0. The van der Waals surface area contributed by atoms with Crippen molar-refractivity contribution in [1.29, 1.82) is 0 Å². The van der Waals surface area contributed by atoms with Gasteiger partial charge >= 0.3 is 23.1 Å². The average Bonchev–Trinajstić information content (AvgIpc) is 0. The molecule has 0 aliphatic carbocycles. The van der Waals surface area contributed by atoms with E-state index in [4.69, 9.17) is 0 Å². The molecule has 0 aliphatic heterocycles. The Morgan fingerprint density at radius 2 is 1.00 bits per heavy atom. The molecule has 0 unspecified atom stereocenters. The van der Waals surface area contributed by atoms with E-state index in [0.717, 1.165) is 0 Å². The van der Waals surface area contributed by atoms with E-state index in [1.165, 1.54) is 0 Å². The molecule has 16 valence electrons. The summed E-state index contributed by atoms with van der Waals surface area (Å²) in [6.07, 6.45) is 0. The van der Waals surface area contributed by atoms with Gasteiger partial charge in [0.15, 0.2) is 17.4 Å². The monoisotopic (exact) mass is 262 g/mol. The van der Waals surface area contributed by atoms with Crippen molar-refractivity contribution in [3.8, 4) is 0 Å². The van der Waals surface area contributed by atoms with Gasteiger partial charge in [-0.3, -0.25) is 0 Å². The van der Waals surface area contributed by atoms with Crippen LogP contribution in [0.25, 0.3) is 0 Å². The molecule has 0 heterocycles. The third-order valence-corrected chi connectivity index (χ3v) is 0. The molecule has 4 heavy (non-hydrogen) atoms. The molecule has 0 aromatic heterocycles. The maximum Gasteiger partial charge on any atom is 0.316 e. The normalized spacial score (nSPS) is 0. The molecule has 0 nitrogen and oxygen atoms in total. The van der Waals surface area contributed by atoms with Crippen LogP contribution >= 0.6 is 0 Å². The zero-order valence-electron chi connectivity index (χ0n) is 1.21. The first-order valence-electron chi connectivity index (χ1n) is 0. The summed E-state index contributed by atoms with van der Waals surface area (Å²) in [5.41, 5.74) is 0. The summed E-state index contributed by atoms with van der Waals surface area (Å²) in [5.74, 6) is 0. The van der Waals surface area contributed by atoms with Gasteiger partial charge in [-0.1, -0.05) is 0 Å². The van der Waals surface area contributed by atoms with E-state index in [0.29, 0.717) is 0 Å². The average molecular weight is 266 g/mol. The van der Waals surface area contributed by atoms with Gasteiger partial charge in [-0.2, -0.15) is 0 Å². The van der Waals surface area contributed by atoms with Crippen molar-refractivity contribution in [1.82, 2.24) is 0 Å². The molecular formula is H5AlMgNdZn. The first-order chi connectivity index (χ1) is 0. The van der Waals surface area contributed by atoms with Gasteiger partial charge < -0.3 is 0 Å². The summed E-state index contributed by atoms with van der Waals surface area (Å²) in [6.45, 7) is 0. The third kappa shape index (κ3) is 8.99. The van der Waals surface area contributed by atoms with Crippen molar-refractivity contribution in [2.75, 3.05) is 0 Å². The van der Waals surface area contributed by atoms with Crippen LogP contribution < -0.4 is 0 Å². The van der Waals surface area contributed by atoms with E-state index in [2.05, 4.69) is 0 Å². The molecule has 0 aromatic rings. The Hall–Kier alpha value is 3.27. The fraction of sp³-hybridized carbons (Fsp3) is 0. The summed E-state index contributed by atoms with van der Waals surface area (Å²) in [5, 5.41) is 0. The molecule has 4 heteroatoms. The molecule has 0 atom stereocenters. The van der Waals surface area contributed by atoms with Crippen molar-refractivity contribution in [3.63, 3.8) is 0 Å². The summed E-state index contributed by atoms with van der Waals surface area (Å²) in [6, 6.07) is 0. The molecule has 0 aliphatic rings. The van der Waals surface area contributed by atoms with Crippen molar-refractivity contribution >= 4 is 40.4 Å². The topological polar surface area (TPSA) is 0 Å². The van der Waals surface area contributed by atoms with Gasteiger partial charge in [-0.25, -0.2) is 0 Å². The smallest absolute Gasteiger partial charge is 0 e. The second-order valence-electron chi connectivity index (χ2n) is 0. The van der Waals surface area contributed by atoms with Crippen LogP contribution in [0.3, 0.4) is 0 Å². The van der Waals surface area contributed by atoms with Crippen molar-refractivity contribution in [2.45, 2.75) is 0 Å². The van der Waals surface area contributed by atoms with E-state index < -0.39 is 0 Å². The first kappa shape index (κ1) is 26.7. The Labute approximate surface area is 98.4 Å². The van der Waals surface area contributed by atoms with Crippen LogP contribution in [0.4, 0.5) is 0 Å². The molecule has 0 rings (SSSR count). The van der Waals surface area contributed by atoms with Crippen molar-refractivity contribution in [3.05, 3.63) is 0 Å². The fourth-order valence-corrected chi connectivity index (χ4v) is 0. The summed E-state index contributed by atoms with van der Waals surface area (Å²) in [7, 11) is 0. The fourth-order valence-electron chi connectivity index (χ4n) is 0. The molecule has 0 saturated carbocycles. The van der Waals surface area contributed by atoms with E-state index in [1.54, 1.807) is 0 Å². The maximum absolute atomic E-state index is 0. The van der Waals surface area contributed by atoms with Gasteiger partial charge in [-0.15, -0.1) is 0 Å². The van der Waals surface area contributed by atoms with E-state index in [1.807, 2.05) is 0 Å². The molecule has 0 N–H and O–H groups in total. The van der Waals surface area contributed by atoms with Crippen LogP contribution in [-0.2, 0) is 19.5 Å². The van der Waals surface area contributed by atoms with Gasteiger partial charge in [0.2, 0.25) is 0 Å². The van der Waals surface area contributed by atoms with Crippen molar-refractivity contribution in [2.24, 2.45) is 0 Å². The van der Waals surface area contributed by atoms with E-state index in [-0.39, 0.29) is 101 Å². The Balaban J connectivity index is 0. The zero-order chi connectivity index (χ0) is 0.